The summed E-state index contributed by atoms with van der Waals surface area (Å²) in [6, 6.07) is 10.3. The molecule has 4 rings (SSSR count). The van der Waals surface area contributed by atoms with E-state index in [9.17, 15) is 19.1 Å². The van der Waals surface area contributed by atoms with Crippen LogP contribution in [-0.2, 0) is 9.59 Å². The Morgan fingerprint density at radius 2 is 1.88 bits per heavy atom. The minimum absolute atomic E-state index is 0.128. The monoisotopic (exact) mass is 475 g/mol. The lowest BCUT2D eigenvalue weighted by Gasteiger charge is -2.23. The smallest absolute Gasteiger partial charge is 0.300 e. The van der Waals surface area contributed by atoms with Crippen LogP contribution >= 0.6 is 23.2 Å². The molecule has 2 aromatic carbocycles. The van der Waals surface area contributed by atoms with Crippen molar-refractivity contribution < 1.29 is 28.2 Å². The van der Waals surface area contributed by atoms with Gasteiger partial charge >= 0.3 is 0 Å². The number of furan rings is 1. The number of methoxy groups -OCH3 is 1. The van der Waals surface area contributed by atoms with Gasteiger partial charge in [-0.15, -0.1) is 0 Å². The SMILES string of the molecule is COc1ccc(Cl)cc1/C(O)=C1/C(=O)C(=O)N(c2ccc(F)c(Cl)c2)C1c1ccc(C)o1. The Kier molecular flexibility index (Phi) is 5.71. The van der Waals surface area contributed by atoms with E-state index in [4.69, 9.17) is 32.4 Å². The summed E-state index contributed by atoms with van der Waals surface area (Å²) in [5.74, 6) is -2.05. The van der Waals surface area contributed by atoms with Crippen molar-refractivity contribution in [2.24, 2.45) is 0 Å². The molecule has 32 heavy (non-hydrogen) atoms. The second kappa shape index (κ2) is 8.33. The van der Waals surface area contributed by atoms with Crippen molar-refractivity contribution >= 4 is 46.3 Å². The van der Waals surface area contributed by atoms with Crippen LogP contribution < -0.4 is 9.64 Å². The highest BCUT2D eigenvalue weighted by molar-refractivity contribution is 6.51. The van der Waals surface area contributed by atoms with Crippen LogP contribution in [0.25, 0.3) is 5.76 Å². The number of halogens is 3. The number of amides is 1. The van der Waals surface area contributed by atoms with Crippen LogP contribution in [0.15, 0.2) is 58.5 Å². The molecular formula is C23H16Cl2FNO5. The average Bonchev–Trinajstić information content (AvgIpc) is 3.30. The third-order valence-corrected chi connectivity index (χ3v) is 5.60. The van der Waals surface area contributed by atoms with Gasteiger partial charge in [0.05, 0.1) is 23.3 Å². The number of Topliss-reactive ketones (excluding diaryl/α,β-unsaturated/α-hetero) is 1. The maximum atomic E-state index is 13.7. The molecular weight excluding hydrogens is 460 g/mol. The van der Waals surface area contributed by atoms with Gasteiger partial charge in [-0.2, -0.15) is 0 Å². The normalized spacial score (nSPS) is 17.8. The fourth-order valence-electron chi connectivity index (χ4n) is 3.61. The van der Waals surface area contributed by atoms with Crippen molar-refractivity contribution in [3.05, 3.63) is 87.1 Å². The summed E-state index contributed by atoms with van der Waals surface area (Å²) < 4.78 is 24.7. The van der Waals surface area contributed by atoms with Gasteiger partial charge in [0.25, 0.3) is 11.7 Å². The Morgan fingerprint density at radius 3 is 2.50 bits per heavy atom. The molecule has 9 heteroatoms. The molecule has 1 amide bonds. The number of nitrogens with zero attached hydrogens (tertiary/aromatic N) is 1. The van der Waals surface area contributed by atoms with Gasteiger partial charge in [0, 0.05) is 10.7 Å². The standard InChI is InChI=1S/C23H16Cl2FNO5/c1-11-3-7-18(32-11)20-19(21(28)14-9-12(24)4-8-17(14)31-2)22(29)23(30)27(20)13-5-6-16(26)15(25)10-13/h3-10,20,28H,1-2H3/b21-19-. The maximum Gasteiger partial charge on any atom is 0.300 e. The molecule has 0 spiro atoms. The van der Waals surface area contributed by atoms with Crippen LogP contribution in [0, 0.1) is 12.7 Å². The molecule has 0 bridgehead atoms. The fraction of sp³-hybridized carbons (Fsp3) is 0.130. The van der Waals surface area contributed by atoms with Crippen LogP contribution in [0.3, 0.4) is 0 Å². The van der Waals surface area contributed by atoms with Crippen LogP contribution in [0.1, 0.15) is 23.1 Å². The Bertz CT molecular complexity index is 1280. The average molecular weight is 476 g/mol. The summed E-state index contributed by atoms with van der Waals surface area (Å²) in [4.78, 5) is 27.3. The van der Waals surface area contributed by atoms with E-state index >= 15 is 0 Å². The van der Waals surface area contributed by atoms with Gasteiger partial charge in [-0.3, -0.25) is 14.5 Å². The molecule has 1 aromatic heterocycles. The van der Waals surface area contributed by atoms with Crippen molar-refractivity contribution in [2.45, 2.75) is 13.0 Å². The van der Waals surface area contributed by atoms with Crippen molar-refractivity contribution in [1.29, 1.82) is 0 Å². The summed E-state index contributed by atoms with van der Waals surface area (Å²) in [6.45, 7) is 1.70. The summed E-state index contributed by atoms with van der Waals surface area (Å²) in [7, 11) is 1.40. The molecule has 0 saturated carbocycles. The highest BCUT2D eigenvalue weighted by atomic mass is 35.5. The largest absolute Gasteiger partial charge is 0.507 e. The van der Waals surface area contributed by atoms with E-state index in [0.29, 0.717) is 5.76 Å². The maximum absolute atomic E-state index is 13.7. The molecule has 2 heterocycles. The molecule has 1 fully saturated rings. The molecule has 6 nitrogen and oxygen atoms in total. The summed E-state index contributed by atoms with van der Waals surface area (Å²) >= 11 is 12.0. The van der Waals surface area contributed by atoms with Gasteiger partial charge < -0.3 is 14.3 Å². The zero-order chi connectivity index (χ0) is 23.2. The van der Waals surface area contributed by atoms with Crippen molar-refractivity contribution in [1.82, 2.24) is 0 Å². The first kappa shape index (κ1) is 21.9. The topological polar surface area (TPSA) is 80.0 Å². The number of carbonyl (C=O) groups is 2. The Morgan fingerprint density at radius 1 is 1.12 bits per heavy atom. The number of aliphatic hydroxyl groups excluding tert-OH is 1. The first-order valence-electron chi connectivity index (χ1n) is 9.39. The molecule has 3 aromatic rings. The third-order valence-electron chi connectivity index (χ3n) is 5.07. The summed E-state index contributed by atoms with van der Waals surface area (Å²) in [5.41, 5.74) is 0.0587. The predicted molar refractivity (Wildman–Crippen MR) is 118 cm³/mol. The zero-order valence-electron chi connectivity index (χ0n) is 16.9. The van der Waals surface area contributed by atoms with Crippen molar-refractivity contribution in [3.63, 3.8) is 0 Å². The van der Waals surface area contributed by atoms with Crippen molar-refractivity contribution in [3.8, 4) is 5.75 Å². The number of ketones is 1. The molecule has 0 radical (unpaired) electrons. The minimum Gasteiger partial charge on any atom is -0.507 e. The van der Waals surface area contributed by atoms with E-state index in [-0.39, 0.29) is 38.4 Å². The van der Waals surface area contributed by atoms with Gasteiger partial charge in [0.1, 0.15) is 34.9 Å². The van der Waals surface area contributed by atoms with Crippen LogP contribution in [-0.4, -0.2) is 23.9 Å². The highest BCUT2D eigenvalue weighted by Gasteiger charge is 2.48. The Hall–Kier alpha value is -3.29. The molecule has 1 N–H and O–H groups in total. The first-order valence-corrected chi connectivity index (χ1v) is 10.1. The van der Waals surface area contributed by atoms with Gasteiger partial charge in [-0.1, -0.05) is 23.2 Å². The Balaban J connectivity index is 1.98. The van der Waals surface area contributed by atoms with Gasteiger partial charge in [-0.25, -0.2) is 4.39 Å². The first-order chi connectivity index (χ1) is 15.2. The number of aryl methyl sites for hydroxylation is 1. The molecule has 1 saturated heterocycles. The quantitative estimate of drug-likeness (QED) is 0.298. The van der Waals surface area contributed by atoms with E-state index in [1.807, 2.05) is 0 Å². The predicted octanol–water partition coefficient (Wildman–Crippen LogP) is 5.67. The lowest BCUT2D eigenvalue weighted by Crippen LogP contribution is -2.29. The number of rotatable bonds is 4. The number of hydrogen-bond donors (Lipinski definition) is 1. The molecule has 1 atom stereocenters. The van der Waals surface area contributed by atoms with Crippen LogP contribution in [0.4, 0.5) is 10.1 Å². The number of carbonyl (C=O) groups excluding carboxylic acids is 2. The molecule has 1 aliphatic heterocycles. The molecule has 0 aliphatic carbocycles. The van der Waals surface area contributed by atoms with E-state index in [1.165, 1.54) is 31.4 Å². The molecule has 1 unspecified atom stereocenters. The van der Waals surface area contributed by atoms with E-state index in [1.54, 1.807) is 25.1 Å². The van der Waals surface area contributed by atoms with Gasteiger partial charge in [0.15, 0.2) is 0 Å². The number of benzene rings is 2. The third kappa shape index (κ3) is 3.63. The number of anilines is 1. The lowest BCUT2D eigenvalue weighted by molar-refractivity contribution is -0.132. The second-order valence-electron chi connectivity index (χ2n) is 7.06. The zero-order valence-corrected chi connectivity index (χ0v) is 18.4. The summed E-state index contributed by atoms with van der Waals surface area (Å²) in [6.07, 6.45) is 0. The van der Waals surface area contributed by atoms with E-state index < -0.39 is 29.3 Å². The number of hydrogen-bond acceptors (Lipinski definition) is 5. The van der Waals surface area contributed by atoms with Crippen LogP contribution in [0.5, 0.6) is 5.75 Å². The number of ether oxygens (including phenoxy) is 1. The minimum atomic E-state index is -1.13. The van der Waals surface area contributed by atoms with Crippen molar-refractivity contribution in [2.75, 3.05) is 12.0 Å². The molecule has 1 aliphatic rings. The number of aliphatic hydroxyl groups is 1. The van der Waals surface area contributed by atoms with Gasteiger partial charge in [0.2, 0.25) is 0 Å². The van der Waals surface area contributed by atoms with Crippen LogP contribution in [0.2, 0.25) is 10.0 Å². The fourth-order valence-corrected chi connectivity index (χ4v) is 3.96. The highest BCUT2D eigenvalue weighted by Crippen LogP contribution is 2.44. The lowest BCUT2D eigenvalue weighted by atomic mass is 9.98. The van der Waals surface area contributed by atoms with E-state index in [0.717, 1.165) is 11.0 Å². The summed E-state index contributed by atoms with van der Waals surface area (Å²) in [5, 5.41) is 11.2. The second-order valence-corrected chi connectivity index (χ2v) is 7.90. The Labute approximate surface area is 192 Å². The molecule has 164 valence electrons. The van der Waals surface area contributed by atoms with Gasteiger partial charge in [-0.05, 0) is 55.5 Å². The van der Waals surface area contributed by atoms with E-state index in [2.05, 4.69) is 0 Å².